The second-order valence-corrected chi connectivity index (χ2v) is 6.14. The zero-order chi connectivity index (χ0) is 17.1. The van der Waals surface area contributed by atoms with Crippen molar-refractivity contribution in [1.29, 1.82) is 0 Å². The number of carbonyl (C=O) groups excluding carboxylic acids is 1. The van der Waals surface area contributed by atoms with Crippen molar-refractivity contribution >= 4 is 17.4 Å². The monoisotopic (exact) mass is 342 g/mol. The molecular weight excluding hydrogens is 331 g/mol. The first-order valence-electron chi connectivity index (χ1n) is 7.31. The lowest BCUT2D eigenvalue weighted by Crippen LogP contribution is -2.43. The molecule has 1 aromatic heterocycles. The first-order chi connectivity index (χ1) is 11.4. The Bertz CT molecular complexity index is 998. The van der Waals surface area contributed by atoms with Crippen molar-refractivity contribution in [2.45, 2.75) is 12.5 Å². The summed E-state index contributed by atoms with van der Waals surface area (Å²) in [5, 5.41) is 11.7. The number of nitrogens with zero attached hydrogens (tertiary/aromatic N) is 2. The summed E-state index contributed by atoms with van der Waals surface area (Å²) in [6.45, 7) is 1.75. The molecule has 0 fully saturated rings. The van der Waals surface area contributed by atoms with E-state index < -0.39 is 17.2 Å². The van der Waals surface area contributed by atoms with Gasteiger partial charge in [-0.15, -0.1) is 0 Å². The molecule has 24 heavy (non-hydrogen) atoms. The largest absolute Gasteiger partial charge is 0.373 e. The van der Waals surface area contributed by atoms with Crippen molar-refractivity contribution in [1.82, 2.24) is 9.55 Å². The van der Waals surface area contributed by atoms with E-state index in [0.29, 0.717) is 16.5 Å². The molecule has 1 atom stereocenters. The number of aryl methyl sites for hydroxylation is 1. The van der Waals surface area contributed by atoms with Crippen LogP contribution in [0.15, 0.2) is 48.7 Å². The van der Waals surface area contributed by atoms with Gasteiger partial charge < -0.3 is 5.11 Å². The molecular formula is C18H12ClFN2O2. The Kier molecular flexibility index (Phi) is 3.13. The van der Waals surface area contributed by atoms with Crippen LogP contribution >= 0.6 is 11.6 Å². The first kappa shape index (κ1) is 15.1. The maximum absolute atomic E-state index is 14.4. The first-order valence-corrected chi connectivity index (χ1v) is 7.69. The van der Waals surface area contributed by atoms with Crippen molar-refractivity contribution in [2.75, 3.05) is 0 Å². The molecule has 0 amide bonds. The molecule has 1 unspecified atom stereocenters. The molecule has 2 aromatic carbocycles. The molecule has 0 aliphatic carbocycles. The van der Waals surface area contributed by atoms with Crippen LogP contribution in [0.5, 0.6) is 0 Å². The zero-order valence-electron chi connectivity index (χ0n) is 12.6. The van der Waals surface area contributed by atoms with Gasteiger partial charge in [-0.05, 0) is 31.2 Å². The quantitative estimate of drug-likeness (QED) is 0.737. The molecule has 3 aromatic rings. The normalized spacial score (nSPS) is 19.1. The number of aromatic nitrogens is 2. The van der Waals surface area contributed by atoms with Crippen LogP contribution in [0.1, 0.15) is 27.4 Å². The lowest BCUT2D eigenvalue weighted by atomic mass is 9.78. The lowest BCUT2D eigenvalue weighted by molar-refractivity contribution is 0.0449. The number of aliphatic hydroxyl groups is 1. The molecule has 0 saturated carbocycles. The minimum Gasteiger partial charge on any atom is -0.373 e. The molecule has 4 nitrogen and oxygen atoms in total. The van der Waals surface area contributed by atoms with Crippen LogP contribution in [-0.2, 0) is 5.60 Å². The van der Waals surface area contributed by atoms with E-state index in [4.69, 9.17) is 11.6 Å². The van der Waals surface area contributed by atoms with Gasteiger partial charge in [0.05, 0.1) is 11.9 Å². The third-order valence-electron chi connectivity index (χ3n) is 4.35. The summed E-state index contributed by atoms with van der Waals surface area (Å²) in [5.41, 5.74) is -1.28. The molecule has 0 bridgehead atoms. The number of fused-ring (bicyclic) bond motifs is 3. The second kappa shape index (κ2) is 5.00. The van der Waals surface area contributed by atoms with Crippen molar-refractivity contribution in [3.63, 3.8) is 0 Å². The van der Waals surface area contributed by atoms with Crippen LogP contribution in [0.3, 0.4) is 0 Å². The Morgan fingerprint density at radius 1 is 1.21 bits per heavy atom. The zero-order valence-corrected chi connectivity index (χ0v) is 13.4. The van der Waals surface area contributed by atoms with E-state index >= 15 is 0 Å². The van der Waals surface area contributed by atoms with E-state index in [-0.39, 0.29) is 16.8 Å². The van der Waals surface area contributed by atoms with Gasteiger partial charge >= 0.3 is 0 Å². The van der Waals surface area contributed by atoms with E-state index in [1.165, 1.54) is 30.5 Å². The fourth-order valence-electron chi connectivity index (χ4n) is 3.23. The van der Waals surface area contributed by atoms with Gasteiger partial charge in [0.25, 0.3) is 0 Å². The minimum atomic E-state index is -2.16. The van der Waals surface area contributed by atoms with Crippen LogP contribution in [0.2, 0.25) is 5.02 Å². The standard InChI is InChI=1S/C18H12ClFN2O2/c1-10-21-9-16-17(23)18(24,12-4-2-3-5-14(12)20)13-8-11(19)6-7-15(13)22(10)16/h2-9,24H,1H3. The van der Waals surface area contributed by atoms with E-state index in [1.54, 1.807) is 29.7 Å². The number of carbonyl (C=O) groups is 1. The maximum Gasteiger partial charge on any atom is 0.222 e. The molecule has 1 aliphatic rings. The third-order valence-corrected chi connectivity index (χ3v) is 4.59. The van der Waals surface area contributed by atoms with Crippen LogP contribution in [0.4, 0.5) is 4.39 Å². The van der Waals surface area contributed by atoms with Crippen LogP contribution in [0.25, 0.3) is 5.69 Å². The molecule has 0 radical (unpaired) electrons. The number of hydrogen-bond acceptors (Lipinski definition) is 3. The highest BCUT2D eigenvalue weighted by molar-refractivity contribution is 6.30. The Labute approximate surface area is 142 Å². The molecule has 0 saturated heterocycles. The van der Waals surface area contributed by atoms with Crippen LogP contribution in [-0.4, -0.2) is 20.4 Å². The van der Waals surface area contributed by atoms with E-state index in [2.05, 4.69) is 4.98 Å². The molecule has 4 rings (SSSR count). The van der Waals surface area contributed by atoms with Gasteiger partial charge in [0.2, 0.25) is 5.78 Å². The van der Waals surface area contributed by atoms with Gasteiger partial charge in [-0.3, -0.25) is 9.36 Å². The van der Waals surface area contributed by atoms with Gasteiger partial charge in [0, 0.05) is 16.1 Å². The minimum absolute atomic E-state index is 0.108. The van der Waals surface area contributed by atoms with E-state index in [0.717, 1.165) is 0 Å². The van der Waals surface area contributed by atoms with Gasteiger partial charge in [-0.2, -0.15) is 0 Å². The number of hydrogen-bond donors (Lipinski definition) is 1. The average molecular weight is 343 g/mol. The third kappa shape index (κ3) is 1.82. The van der Waals surface area contributed by atoms with Crippen molar-refractivity contribution in [3.05, 3.63) is 82.1 Å². The summed E-state index contributed by atoms with van der Waals surface area (Å²) in [5.74, 6) is -0.704. The number of halogens is 2. The van der Waals surface area contributed by atoms with Gasteiger partial charge in [-0.1, -0.05) is 29.8 Å². The molecule has 1 aliphatic heterocycles. The summed E-state index contributed by atoms with van der Waals surface area (Å²) >= 11 is 6.08. The van der Waals surface area contributed by atoms with Gasteiger partial charge in [0.15, 0.2) is 5.60 Å². The SMILES string of the molecule is Cc1ncc2n1-c1ccc(Cl)cc1C(O)(c1ccccc1F)C2=O. The molecule has 2 heterocycles. The number of rotatable bonds is 1. The summed E-state index contributed by atoms with van der Waals surface area (Å²) in [4.78, 5) is 17.2. The van der Waals surface area contributed by atoms with Crippen molar-refractivity contribution < 1.29 is 14.3 Å². The number of Topliss-reactive ketones (excluding diaryl/α,β-unsaturated/α-hetero) is 1. The number of ketones is 1. The fraction of sp³-hybridized carbons (Fsp3) is 0.111. The Hall–Kier alpha value is -2.50. The highest BCUT2D eigenvalue weighted by Crippen LogP contribution is 2.43. The van der Waals surface area contributed by atoms with Gasteiger partial charge in [-0.25, -0.2) is 9.37 Å². The maximum atomic E-state index is 14.4. The molecule has 6 heteroatoms. The molecule has 120 valence electrons. The number of benzene rings is 2. The fourth-order valence-corrected chi connectivity index (χ4v) is 3.40. The summed E-state index contributed by atoms with van der Waals surface area (Å²) in [6.07, 6.45) is 1.39. The summed E-state index contributed by atoms with van der Waals surface area (Å²) in [6, 6.07) is 10.5. The van der Waals surface area contributed by atoms with Gasteiger partial charge in [0.1, 0.15) is 17.3 Å². The summed E-state index contributed by atoms with van der Waals surface area (Å²) in [7, 11) is 0. The Morgan fingerprint density at radius 3 is 2.71 bits per heavy atom. The smallest absolute Gasteiger partial charge is 0.222 e. The number of imidazole rings is 1. The van der Waals surface area contributed by atoms with Crippen molar-refractivity contribution in [3.8, 4) is 5.69 Å². The van der Waals surface area contributed by atoms with Crippen molar-refractivity contribution in [2.24, 2.45) is 0 Å². The Morgan fingerprint density at radius 2 is 1.96 bits per heavy atom. The van der Waals surface area contributed by atoms with Crippen LogP contribution in [0, 0.1) is 12.7 Å². The lowest BCUT2D eigenvalue weighted by Gasteiger charge is -2.34. The molecule has 1 N–H and O–H groups in total. The average Bonchev–Trinajstić information content (AvgIpc) is 2.95. The highest BCUT2D eigenvalue weighted by Gasteiger charge is 2.48. The predicted molar refractivity (Wildman–Crippen MR) is 87.0 cm³/mol. The highest BCUT2D eigenvalue weighted by atomic mass is 35.5. The van der Waals surface area contributed by atoms with E-state index in [1.807, 2.05) is 0 Å². The Balaban J connectivity index is 2.13. The van der Waals surface area contributed by atoms with E-state index in [9.17, 15) is 14.3 Å². The summed E-state index contributed by atoms with van der Waals surface area (Å²) < 4.78 is 16.0. The predicted octanol–water partition coefficient (Wildman–Crippen LogP) is 3.41. The topological polar surface area (TPSA) is 55.1 Å². The van der Waals surface area contributed by atoms with Crippen LogP contribution < -0.4 is 0 Å². The molecule has 0 spiro atoms. The second-order valence-electron chi connectivity index (χ2n) is 5.71.